The van der Waals surface area contributed by atoms with Crippen LogP contribution in [0.5, 0.6) is 11.5 Å². The highest BCUT2D eigenvalue weighted by Gasteiger charge is 2.41. The van der Waals surface area contributed by atoms with E-state index in [1.807, 2.05) is 6.92 Å². The number of halogens is 1. The number of unbranched alkanes of at least 4 members (excludes halogenated alkanes) is 1. The molecule has 0 unspecified atom stereocenters. The van der Waals surface area contributed by atoms with Gasteiger partial charge in [0.1, 0.15) is 19.3 Å². The number of hydroxylamine groups is 1. The molecule has 2 aliphatic heterocycles. The number of ether oxygens (including phenoxy) is 2. The third kappa shape index (κ3) is 5.25. The molecule has 2 aliphatic rings. The maximum absolute atomic E-state index is 14.6. The van der Waals surface area contributed by atoms with E-state index in [0.29, 0.717) is 62.6 Å². The van der Waals surface area contributed by atoms with Gasteiger partial charge < -0.3 is 19.7 Å². The number of nitrogens with zero attached hydrogens (tertiary/aromatic N) is 1. The number of fused-ring (bicyclic) bond motifs is 1. The zero-order valence-electron chi connectivity index (χ0n) is 17.4. The molecule has 1 saturated heterocycles. The summed E-state index contributed by atoms with van der Waals surface area (Å²) in [6.45, 7) is 3.07. The number of rotatable bonds is 8. The van der Waals surface area contributed by atoms with Crippen LogP contribution in [0, 0.1) is 5.92 Å². The van der Waals surface area contributed by atoms with Crippen molar-refractivity contribution in [1.29, 1.82) is 0 Å². The average Bonchev–Trinajstić information content (AvgIpc) is 3.28. The average molecular weight is 437 g/mol. The van der Waals surface area contributed by atoms with Crippen LogP contribution in [0.15, 0.2) is 18.2 Å². The number of carbonyl (C=O) groups excluding carboxylic acids is 3. The summed E-state index contributed by atoms with van der Waals surface area (Å²) in [4.78, 5) is 38.9. The summed E-state index contributed by atoms with van der Waals surface area (Å²) in [5.74, 6) is -2.38. The number of amides is 3. The predicted molar refractivity (Wildman–Crippen MR) is 109 cm³/mol. The Morgan fingerprint density at radius 1 is 1.26 bits per heavy atom. The zero-order chi connectivity index (χ0) is 22.4. The fraction of sp³-hybridized carbons (Fsp3) is 0.571. The number of likely N-dealkylation sites (tertiary alicyclic amines) is 1. The number of hydrogen-bond donors (Lipinski definition) is 3. The van der Waals surface area contributed by atoms with E-state index in [9.17, 15) is 18.8 Å². The van der Waals surface area contributed by atoms with Gasteiger partial charge in [0.2, 0.25) is 11.8 Å². The van der Waals surface area contributed by atoms with Gasteiger partial charge >= 0.3 is 0 Å². The summed E-state index contributed by atoms with van der Waals surface area (Å²) < 4.78 is 25.6. The zero-order valence-corrected chi connectivity index (χ0v) is 17.4. The first-order valence-corrected chi connectivity index (χ1v) is 10.5. The van der Waals surface area contributed by atoms with Crippen molar-refractivity contribution < 1.29 is 33.5 Å². The van der Waals surface area contributed by atoms with Crippen LogP contribution in [0.2, 0.25) is 0 Å². The van der Waals surface area contributed by atoms with Crippen LogP contribution in [0.4, 0.5) is 10.1 Å². The Hall–Kier alpha value is -2.88. The molecule has 3 N–H and O–H groups in total. The number of hydrogen-bond acceptors (Lipinski definition) is 6. The fourth-order valence-corrected chi connectivity index (χ4v) is 3.93. The second kappa shape index (κ2) is 10.4. The Kier molecular flexibility index (Phi) is 7.67. The molecule has 1 fully saturated rings. The normalized spacial score (nSPS) is 19.5. The fourth-order valence-electron chi connectivity index (χ4n) is 3.93. The van der Waals surface area contributed by atoms with Crippen molar-refractivity contribution >= 4 is 23.4 Å². The molecule has 10 heteroatoms. The molecule has 31 heavy (non-hydrogen) atoms. The molecule has 3 rings (SSSR count). The van der Waals surface area contributed by atoms with Crippen LogP contribution in [-0.2, 0) is 14.4 Å². The lowest BCUT2D eigenvalue weighted by atomic mass is 9.94. The minimum absolute atomic E-state index is 0.150. The standard InChI is InChI=1S/C21H28FN3O6/c1-2-3-5-14(18(22)20(27)24-29)21(28)25-9-4-6-15(25)19(26)23-13-7-8-16-17(12-13)31-11-10-30-16/h7-8,12,14-15,18,29H,2-6,9-11H2,1H3,(H,23,26)(H,24,27)/t14-,15+,18+/m1/s1. The monoisotopic (exact) mass is 437 g/mol. The van der Waals surface area contributed by atoms with Crippen molar-refractivity contribution in [1.82, 2.24) is 10.4 Å². The van der Waals surface area contributed by atoms with Crippen molar-refractivity contribution in [3.63, 3.8) is 0 Å². The highest BCUT2D eigenvalue weighted by atomic mass is 19.1. The highest BCUT2D eigenvalue weighted by Crippen LogP contribution is 2.33. The smallest absolute Gasteiger partial charge is 0.278 e. The number of carbonyl (C=O) groups is 3. The Balaban J connectivity index is 1.71. The lowest BCUT2D eigenvalue weighted by molar-refractivity contribution is -0.148. The van der Waals surface area contributed by atoms with Crippen molar-refractivity contribution in [2.75, 3.05) is 25.1 Å². The molecule has 0 spiro atoms. The van der Waals surface area contributed by atoms with Crippen LogP contribution < -0.4 is 20.3 Å². The van der Waals surface area contributed by atoms with E-state index in [2.05, 4.69) is 5.32 Å². The predicted octanol–water partition coefficient (Wildman–Crippen LogP) is 2.04. The van der Waals surface area contributed by atoms with Crippen LogP contribution in [0.1, 0.15) is 39.0 Å². The van der Waals surface area contributed by atoms with Gasteiger partial charge in [-0.05, 0) is 31.4 Å². The van der Waals surface area contributed by atoms with Crippen molar-refractivity contribution in [2.24, 2.45) is 5.92 Å². The molecular weight excluding hydrogens is 409 g/mol. The van der Waals surface area contributed by atoms with Gasteiger partial charge in [-0.15, -0.1) is 0 Å². The molecule has 9 nitrogen and oxygen atoms in total. The van der Waals surface area contributed by atoms with Crippen LogP contribution in [-0.4, -0.2) is 59.8 Å². The Morgan fingerprint density at radius 2 is 2.00 bits per heavy atom. The van der Waals surface area contributed by atoms with Crippen molar-refractivity contribution in [2.45, 2.75) is 51.2 Å². The molecule has 170 valence electrons. The van der Waals surface area contributed by atoms with E-state index in [1.54, 1.807) is 18.2 Å². The van der Waals surface area contributed by atoms with E-state index in [0.717, 1.165) is 0 Å². The largest absolute Gasteiger partial charge is 0.486 e. The van der Waals surface area contributed by atoms with E-state index in [1.165, 1.54) is 10.4 Å². The molecule has 1 aromatic carbocycles. The summed E-state index contributed by atoms with van der Waals surface area (Å²) in [6.07, 6.45) is 0.242. The summed E-state index contributed by atoms with van der Waals surface area (Å²) in [5.41, 5.74) is 1.77. The lowest BCUT2D eigenvalue weighted by Crippen LogP contribution is -2.49. The van der Waals surface area contributed by atoms with E-state index in [-0.39, 0.29) is 6.42 Å². The third-order valence-corrected chi connectivity index (χ3v) is 5.55. The molecular formula is C21H28FN3O6. The van der Waals surface area contributed by atoms with Gasteiger partial charge in [0, 0.05) is 18.3 Å². The minimum Gasteiger partial charge on any atom is -0.486 e. The molecule has 0 aromatic heterocycles. The third-order valence-electron chi connectivity index (χ3n) is 5.55. The minimum atomic E-state index is -2.19. The summed E-state index contributed by atoms with van der Waals surface area (Å²) in [7, 11) is 0. The number of alkyl halides is 1. The second-order valence-corrected chi connectivity index (χ2v) is 7.66. The van der Waals surface area contributed by atoms with Crippen LogP contribution >= 0.6 is 0 Å². The van der Waals surface area contributed by atoms with Crippen LogP contribution in [0.25, 0.3) is 0 Å². The molecule has 0 aliphatic carbocycles. The van der Waals surface area contributed by atoms with Gasteiger partial charge in [-0.3, -0.25) is 19.6 Å². The van der Waals surface area contributed by atoms with Gasteiger partial charge in [-0.1, -0.05) is 19.8 Å². The first-order valence-electron chi connectivity index (χ1n) is 10.5. The first kappa shape index (κ1) is 22.8. The summed E-state index contributed by atoms with van der Waals surface area (Å²) in [5, 5.41) is 11.6. The van der Waals surface area contributed by atoms with Gasteiger partial charge in [-0.2, -0.15) is 0 Å². The molecule has 0 saturated carbocycles. The quantitative estimate of drug-likeness (QED) is 0.423. The Labute approximate surface area is 179 Å². The van der Waals surface area contributed by atoms with Gasteiger partial charge in [-0.25, -0.2) is 9.87 Å². The Morgan fingerprint density at radius 3 is 2.71 bits per heavy atom. The number of benzene rings is 1. The van der Waals surface area contributed by atoms with Crippen molar-refractivity contribution in [3.8, 4) is 11.5 Å². The van der Waals surface area contributed by atoms with Gasteiger partial charge in [0.25, 0.3) is 5.91 Å². The molecule has 3 atom stereocenters. The maximum atomic E-state index is 14.6. The summed E-state index contributed by atoms with van der Waals surface area (Å²) >= 11 is 0. The van der Waals surface area contributed by atoms with Gasteiger partial charge in [0.05, 0.1) is 5.92 Å². The highest BCUT2D eigenvalue weighted by molar-refractivity contribution is 5.98. The molecule has 3 amide bonds. The molecule has 0 radical (unpaired) electrons. The maximum Gasteiger partial charge on any atom is 0.278 e. The van der Waals surface area contributed by atoms with Crippen molar-refractivity contribution in [3.05, 3.63) is 18.2 Å². The molecule has 2 heterocycles. The number of nitrogens with one attached hydrogen (secondary N) is 2. The second-order valence-electron chi connectivity index (χ2n) is 7.66. The number of anilines is 1. The van der Waals surface area contributed by atoms with E-state index in [4.69, 9.17) is 14.7 Å². The SMILES string of the molecule is CCCC[C@@H](C(=O)N1CCC[C@H]1C(=O)Nc1ccc2c(c1)OCCO2)[C@H](F)C(=O)NO. The summed E-state index contributed by atoms with van der Waals surface area (Å²) in [6, 6.07) is 4.26. The van der Waals surface area contributed by atoms with Crippen LogP contribution in [0.3, 0.4) is 0 Å². The van der Waals surface area contributed by atoms with Gasteiger partial charge in [0.15, 0.2) is 17.7 Å². The first-order chi connectivity index (χ1) is 15.0. The van der Waals surface area contributed by atoms with E-state index < -0.39 is 35.9 Å². The Bertz CT molecular complexity index is 820. The topological polar surface area (TPSA) is 117 Å². The molecule has 1 aromatic rings. The lowest BCUT2D eigenvalue weighted by Gasteiger charge is -2.29. The molecule has 0 bridgehead atoms. The van der Waals surface area contributed by atoms with E-state index >= 15 is 0 Å².